The third kappa shape index (κ3) is 619. The van der Waals surface area contributed by atoms with Crippen LogP contribution in [-0.2, 0) is 0 Å². The Morgan fingerprint density at radius 2 is 0.875 bits per heavy atom. The van der Waals surface area contributed by atoms with Crippen LogP contribution in [-0.4, -0.2) is 0 Å². The normalized spacial score (nSPS) is 2.25. The summed E-state index contributed by atoms with van der Waals surface area (Å²) in [7, 11) is 0. The number of rotatable bonds is 0. The lowest BCUT2D eigenvalue weighted by molar-refractivity contribution is 1.83. The molecule has 0 atom stereocenters. The molecule has 0 amide bonds. The van der Waals surface area contributed by atoms with Crippen molar-refractivity contribution in [1.82, 2.24) is 0 Å². The lowest BCUT2D eigenvalue weighted by Gasteiger charge is -1.40. The summed E-state index contributed by atoms with van der Waals surface area (Å²) in [5.74, 6) is 5.36. The van der Waals surface area contributed by atoms with E-state index in [9.17, 15) is 0 Å². The number of terminal acetylenes is 2. The molecule has 0 fully saturated rings. The second kappa shape index (κ2) is 269. The van der Waals surface area contributed by atoms with Gasteiger partial charge >= 0.3 is 0 Å². The lowest BCUT2D eigenvalue weighted by atomic mass is 10.7. The van der Waals surface area contributed by atoms with Gasteiger partial charge in [-0.3, -0.25) is 0 Å². The van der Waals surface area contributed by atoms with Crippen molar-refractivity contribution in [1.29, 1.82) is 0 Å². The van der Waals surface area contributed by atoms with Crippen LogP contribution in [0.1, 0.15) is 13.8 Å². The van der Waals surface area contributed by atoms with E-state index in [0.29, 0.717) is 0 Å². The molecule has 0 saturated carbocycles. The molecule has 0 saturated heterocycles. The van der Waals surface area contributed by atoms with E-state index in [4.69, 9.17) is 0 Å². The van der Waals surface area contributed by atoms with Crippen LogP contribution in [0, 0.1) is 37.5 Å². The van der Waals surface area contributed by atoms with E-state index in [1.54, 1.807) is 0 Å². The predicted octanol–water partition coefficient (Wildman–Crippen LogP) is 1.53. The van der Waals surface area contributed by atoms with E-state index >= 15 is 0 Å². The van der Waals surface area contributed by atoms with Gasteiger partial charge in [-0.1, -0.05) is 0 Å². The Morgan fingerprint density at radius 3 is 0.875 bits per heavy atom. The molecule has 0 unspecified atom stereocenters. The summed E-state index contributed by atoms with van der Waals surface area (Å²) in [5.41, 5.74) is 0. The molecule has 0 aromatic heterocycles. The van der Waals surface area contributed by atoms with Gasteiger partial charge in [-0.15, -0.1) is 37.5 Å². The van der Waals surface area contributed by atoms with Crippen molar-refractivity contribution in [3.8, 4) is 37.5 Å². The van der Waals surface area contributed by atoms with E-state index < -0.39 is 0 Å². The molecule has 0 spiro atoms. The molecule has 0 aliphatic rings. The minimum Gasteiger partial charge on any atom is -0.124 e. The fourth-order valence-corrected chi connectivity index (χ4v) is 0. The molecule has 0 nitrogen and oxygen atoms in total. The maximum absolute atomic E-state index is 4.00. The molecule has 0 radical (unpaired) electrons. The van der Waals surface area contributed by atoms with Crippen LogP contribution < -0.4 is 0 Å². The van der Waals surface area contributed by atoms with E-state index in [2.05, 4.69) is 37.5 Å². The smallest absolute Gasteiger partial charge is 0.00271 e. The average Bonchev–Trinajstić information content (AvgIpc) is 1.96. The standard InChI is InChI=1S/C4H6.2C2H2/c1-3-4-2;2*1-2/h1-2H3;2*1-2H. The summed E-state index contributed by atoms with van der Waals surface area (Å²) < 4.78 is 0. The van der Waals surface area contributed by atoms with Gasteiger partial charge in [0.25, 0.3) is 0 Å². The molecular weight excluding hydrogens is 96.1 g/mol. The van der Waals surface area contributed by atoms with Crippen molar-refractivity contribution in [2.45, 2.75) is 13.8 Å². The zero-order valence-electron chi connectivity index (χ0n) is 5.31. The van der Waals surface area contributed by atoms with Crippen molar-refractivity contribution < 1.29 is 0 Å². The number of hydrogen-bond donors (Lipinski definition) is 0. The summed E-state index contributed by atoms with van der Waals surface area (Å²) in [4.78, 5) is 0. The zero-order chi connectivity index (χ0) is 7.41. The van der Waals surface area contributed by atoms with Gasteiger partial charge in [0.1, 0.15) is 0 Å². The Morgan fingerprint density at radius 1 is 0.750 bits per heavy atom. The maximum Gasteiger partial charge on any atom is -0.00271 e. The first kappa shape index (κ1) is 15.9. The highest BCUT2D eigenvalue weighted by atomic mass is 13.3. The Balaban J connectivity index is -0.0000000542. The predicted molar refractivity (Wildman–Crippen MR) is 38.9 cm³/mol. The zero-order valence-corrected chi connectivity index (χ0v) is 5.31. The van der Waals surface area contributed by atoms with Gasteiger partial charge in [0.15, 0.2) is 0 Å². The number of hydrogen-bond acceptors (Lipinski definition) is 0. The third-order valence-electron chi connectivity index (χ3n) is 0.250. The van der Waals surface area contributed by atoms with Crippen LogP contribution in [0.15, 0.2) is 0 Å². The molecule has 0 heterocycles. The molecule has 0 rings (SSSR count). The van der Waals surface area contributed by atoms with Gasteiger partial charge in [0.05, 0.1) is 0 Å². The maximum atomic E-state index is 4.00. The monoisotopic (exact) mass is 106 g/mol. The Hall–Kier alpha value is -1.32. The van der Waals surface area contributed by atoms with Crippen LogP contribution in [0.2, 0.25) is 0 Å². The first-order chi connectivity index (χ1) is 3.91. The second-order valence-corrected chi connectivity index (χ2v) is 0.500. The first-order valence-corrected chi connectivity index (χ1v) is 1.92. The quantitative estimate of drug-likeness (QED) is 0.411. The minimum absolute atomic E-state index is 1.82. The highest BCUT2D eigenvalue weighted by Crippen LogP contribution is 1.39. The van der Waals surface area contributed by atoms with Crippen molar-refractivity contribution in [2.75, 3.05) is 0 Å². The van der Waals surface area contributed by atoms with E-state index in [1.807, 2.05) is 13.8 Å². The van der Waals surface area contributed by atoms with Crippen molar-refractivity contribution >= 4 is 0 Å². The van der Waals surface area contributed by atoms with Crippen LogP contribution in [0.25, 0.3) is 0 Å². The van der Waals surface area contributed by atoms with Gasteiger partial charge in [-0.05, 0) is 13.8 Å². The second-order valence-electron chi connectivity index (χ2n) is 0.500. The third-order valence-corrected chi connectivity index (χ3v) is 0.250. The van der Waals surface area contributed by atoms with Crippen LogP contribution in [0.5, 0.6) is 0 Å². The SMILES string of the molecule is C#C.C#C.CC#CC. The first-order valence-electron chi connectivity index (χ1n) is 1.92. The summed E-state index contributed by atoms with van der Waals surface area (Å²) in [6.07, 6.45) is 16.0. The highest BCUT2D eigenvalue weighted by molar-refractivity contribution is 4.89. The van der Waals surface area contributed by atoms with Crippen LogP contribution in [0.4, 0.5) is 0 Å². The van der Waals surface area contributed by atoms with Gasteiger partial charge in [-0.25, -0.2) is 0 Å². The molecule has 8 heavy (non-hydrogen) atoms. The highest BCUT2D eigenvalue weighted by Gasteiger charge is 1.26. The van der Waals surface area contributed by atoms with Gasteiger partial charge in [0.2, 0.25) is 0 Å². The molecule has 0 aliphatic heterocycles. The van der Waals surface area contributed by atoms with Crippen LogP contribution in [0.3, 0.4) is 0 Å². The minimum atomic E-state index is 1.82. The van der Waals surface area contributed by atoms with E-state index in [0.717, 1.165) is 0 Å². The molecule has 0 aromatic carbocycles. The molecule has 0 bridgehead atoms. The molecule has 0 heteroatoms. The Bertz CT molecular complexity index is 81.4. The van der Waals surface area contributed by atoms with Crippen molar-refractivity contribution in [3.05, 3.63) is 0 Å². The fourth-order valence-electron chi connectivity index (χ4n) is 0. The van der Waals surface area contributed by atoms with E-state index in [1.165, 1.54) is 0 Å². The Labute approximate surface area is 52.3 Å². The Kier molecular flexibility index (Phi) is 535. The molecule has 0 N–H and O–H groups in total. The molecule has 42 valence electrons. The van der Waals surface area contributed by atoms with Gasteiger partial charge < -0.3 is 0 Å². The fraction of sp³-hybridized carbons (Fsp3) is 0.250. The van der Waals surface area contributed by atoms with Crippen molar-refractivity contribution in [2.24, 2.45) is 0 Å². The average molecular weight is 106 g/mol. The molecule has 0 aliphatic carbocycles. The molecular formula is C8H10. The topological polar surface area (TPSA) is 0 Å². The summed E-state index contributed by atoms with van der Waals surface area (Å²) >= 11 is 0. The van der Waals surface area contributed by atoms with Gasteiger partial charge in [-0.2, -0.15) is 0 Å². The van der Waals surface area contributed by atoms with Crippen LogP contribution >= 0.6 is 0 Å². The summed E-state index contributed by atoms with van der Waals surface area (Å²) in [6, 6.07) is 0. The summed E-state index contributed by atoms with van der Waals surface area (Å²) in [6.45, 7) is 3.64. The van der Waals surface area contributed by atoms with Crippen molar-refractivity contribution in [3.63, 3.8) is 0 Å². The summed E-state index contributed by atoms with van der Waals surface area (Å²) in [5, 5.41) is 0. The van der Waals surface area contributed by atoms with Gasteiger partial charge in [0, 0.05) is 0 Å². The largest absolute Gasteiger partial charge is 0.124 e. The molecule has 0 aromatic rings. The van der Waals surface area contributed by atoms with E-state index in [-0.39, 0.29) is 0 Å². The lowest BCUT2D eigenvalue weighted by Crippen LogP contribution is -1.28.